The van der Waals surface area contributed by atoms with Gasteiger partial charge in [0.25, 0.3) is 0 Å². The number of nitrogens with zero attached hydrogens (tertiary/aromatic N) is 1. The molecule has 0 amide bonds. The molecule has 1 aliphatic heterocycles. The minimum absolute atomic E-state index is 0.145. The zero-order valence-corrected chi connectivity index (χ0v) is 23.7. The van der Waals surface area contributed by atoms with E-state index in [0.29, 0.717) is 17.6 Å². The van der Waals surface area contributed by atoms with Gasteiger partial charge in [-0.15, -0.1) is 0 Å². The summed E-state index contributed by atoms with van der Waals surface area (Å²) >= 11 is 0. The molecule has 5 rings (SSSR count). The van der Waals surface area contributed by atoms with Crippen molar-refractivity contribution in [2.45, 2.75) is 58.3 Å². The first-order valence-electron chi connectivity index (χ1n) is 13.8. The molecule has 0 saturated heterocycles. The van der Waals surface area contributed by atoms with Crippen LogP contribution in [0.5, 0.6) is 0 Å². The van der Waals surface area contributed by atoms with Crippen LogP contribution < -0.4 is 0 Å². The number of hydrogen-bond acceptors (Lipinski definition) is 8. The molecule has 0 radical (unpaired) electrons. The summed E-state index contributed by atoms with van der Waals surface area (Å²) in [7, 11) is 0. The van der Waals surface area contributed by atoms with Crippen LogP contribution >= 0.6 is 0 Å². The number of fused-ring (bicyclic) bond motifs is 1. The molecule has 1 saturated carbocycles. The third-order valence-electron chi connectivity index (χ3n) is 9.42. The number of carbonyl (C=O) groups is 3. The van der Waals surface area contributed by atoms with Crippen LogP contribution in [0.15, 0.2) is 90.3 Å². The fourth-order valence-corrected chi connectivity index (χ4v) is 6.71. The number of aliphatic hydroxyl groups is 1. The van der Waals surface area contributed by atoms with Crippen LogP contribution in [0.25, 0.3) is 0 Å². The van der Waals surface area contributed by atoms with E-state index >= 15 is 0 Å². The smallest absolute Gasteiger partial charge is 0.340 e. The lowest BCUT2D eigenvalue weighted by atomic mass is 9.44. The maximum Gasteiger partial charge on any atom is 0.340 e. The van der Waals surface area contributed by atoms with Crippen molar-refractivity contribution in [1.29, 1.82) is 0 Å². The van der Waals surface area contributed by atoms with Gasteiger partial charge >= 0.3 is 17.9 Å². The Morgan fingerprint density at radius 3 is 2.37 bits per heavy atom. The van der Waals surface area contributed by atoms with Crippen LogP contribution in [-0.4, -0.2) is 52.4 Å². The van der Waals surface area contributed by atoms with Crippen LogP contribution in [0, 0.1) is 16.7 Å². The normalized spacial score (nSPS) is 32.9. The van der Waals surface area contributed by atoms with Crippen LogP contribution in [-0.2, 0) is 19.0 Å². The standard InChI is InChI=1S/C33H35NO7/c1-21-10-8-14-25-31(2,16-15-22-18-26(35)39-20-22)33(4,38)28(41-29(36)23-11-6-5-7-12-23)27(32(21,25)3)40-30(37)24-13-9-17-34-19-24/h5-7,9-13,15-19,25,27-28,38H,8,14,20H2,1-4H3/b16-15+/t25-,27+,28+,31-,32+,33+/m1/s1. The summed E-state index contributed by atoms with van der Waals surface area (Å²) in [5.41, 5.74) is -1.25. The van der Waals surface area contributed by atoms with Gasteiger partial charge < -0.3 is 19.3 Å². The Morgan fingerprint density at radius 1 is 1.02 bits per heavy atom. The van der Waals surface area contributed by atoms with Crippen LogP contribution in [0.4, 0.5) is 0 Å². The molecule has 0 spiro atoms. The first kappa shape index (κ1) is 28.5. The summed E-state index contributed by atoms with van der Waals surface area (Å²) in [4.78, 5) is 42.7. The molecule has 0 unspecified atom stereocenters. The molecule has 3 aliphatic rings. The van der Waals surface area contributed by atoms with Gasteiger partial charge in [0.1, 0.15) is 12.2 Å². The molecule has 2 aromatic rings. The van der Waals surface area contributed by atoms with Gasteiger partial charge in [0.2, 0.25) is 0 Å². The van der Waals surface area contributed by atoms with Crippen LogP contribution in [0.3, 0.4) is 0 Å². The van der Waals surface area contributed by atoms with Crippen molar-refractivity contribution in [3.63, 3.8) is 0 Å². The summed E-state index contributed by atoms with van der Waals surface area (Å²) in [6, 6.07) is 11.8. The average Bonchev–Trinajstić information content (AvgIpc) is 3.39. The number of ether oxygens (including phenoxy) is 3. The Labute approximate surface area is 239 Å². The number of aromatic nitrogens is 1. The third-order valence-corrected chi connectivity index (χ3v) is 9.42. The summed E-state index contributed by atoms with van der Waals surface area (Å²) < 4.78 is 17.5. The lowest BCUT2D eigenvalue weighted by Gasteiger charge is -2.64. The number of benzene rings is 1. The molecule has 8 heteroatoms. The van der Waals surface area contributed by atoms with E-state index in [9.17, 15) is 19.5 Å². The summed E-state index contributed by atoms with van der Waals surface area (Å²) in [6.45, 7) is 7.71. The van der Waals surface area contributed by atoms with E-state index in [-0.39, 0.29) is 18.1 Å². The molecule has 2 heterocycles. The van der Waals surface area contributed by atoms with Gasteiger partial charge in [0, 0.05) is 29.3 Å². The van der Waals surface area contributed by atoms with Gasteiger partial charge in [-0.2, -0.15) is 0 Å². The van der Waals surface area contributed by atoms with E-state index in [2.05, 4.69) is 11.1 Å². The first-order chi connectivity index (χ1) is 19.5. The lowest BCUT2D eigenvalue weighted by molar-refractivity contribution is -0.251. The number of pyridine rings is 1. The van der Waals surface area contributed by atoms with Crippen molar-refractivity contribution in [1.82, 2.24) is 4.98 Å². The van der Waals surface area contributed by atoms with Crippen molar-refractivity contribution in [3.05, 3.63) is 101 Å². The van der Waals surface area contributed by atoms with E-state index in [1.807, 2.05) is 26.8 Å². The minimum Gasteiger partial charge on any atom is -0.458 e. The fraction of sp³-hybridized carbons (Fsp3) is 0.394. The Hall–Kier alpha value is -4.04. The molecule has 1 N–H and O–H groups in total. The van der Waals surface area contributed by atoms with Gasteiger partial charge in [-0.1, -0.05) is 55.8 Å². The van der Waals surface area contributed by atoms with Gasteiger partial charge in [-0.25, -0.2) is 14.4 Å². The molecule has 6 atom stereocenters. The monoisotopic (exact) mass is 557 g/mol. The van der Waals surface area contributed by atoms with Gasteiger partial charge in [-0.05, 0) is 62.4 Å². The predicted octanol–water partition coefficient (Wildman–Crippen LogP) is 5.01. The Morgan fingerprint density at radius 2 is 1.71 bits per heavy atom. The molecule has 0 bridgehead atoms. The highest BCUT2D eigenvalue weighted by atomic mass is 16.6. The van der Waals surface area contributed by atoms with Crippen LogP contribution in [0.2, 0.25) is 0 Å². The fourth-order valence-electron chi connectivity index (χ4n) is 6.71. The topological polar surface area (TPSA) is 112 Å². The van der Waals surface area contributed by atoms with Crippen molar-refractivity contribution in [2.75, 3.05) is 6.61 Å². The predicted molar refractivity (Wildman–Crippen MR) is 151 cm³/mol. The third kappa shape index (κ3) is 4.90. The second-order valence-electron chi connectivity index (χ2n) is 11.6. The van der Waals surface area contributed by atoms with Crippen molar-refractivity contribution < 1.29 is 33.7 Å². The molecule has 1 aromatic carbocycles. The van der Waals surface area contributed by atoms with Gasteiger partial charge in [0.15, 0.2) is 12.2 Å². The maximum absolute atomic E-state index is 13.5. The zero-order chi connectivity index (χ0) is 29.4. The number of allylic oxidation sites excluding steroid dienone is 1. The Kier molecular flexibility index (Phi) is 7.46. The Balaban J connectivity index is 1.64. The van der Waals surface area contributed by atoms with E-state index < -0.39 is 46.5 Å². The highest BCUT2D eigenvalue weighted by Gasteiger charge is 2.69. The second kappa shape index (κ2) is 10.7. The molecular weight excluding hydrogens is 522 g/mol. The summed E-state index contributed by atoms with van der Waals surface area (Å²) in [5.74, 6) is -1.89. The van der Waals surface area contributed by atoms with E-state index in [0.717, 1.165) is 12.0 Å². The Bertz CT molecular complexity index is 1430. The number of rotatable bonds is 6. The number of esters is 3. The largest absolute Gasteiger partial charge is 0.458 e. The van der Waals surface area contributed by atoms with Crippen LogP contribution in [0.1, 0.15) is 61.3 Å². The number of cyclic esters (lactones) is 1. The van der Waals surface area contributed by atoms with Gasteiger partial charge in [-0.3, -0.25) is 4.98 Å². The van der Waals surface area contributed by atoms with Crippen molar-refractivity contribution >= 4 is 17.9 Å². The molecule has 1 aromatic heterocycles. The SMILES string of the molecule is CC1=CCC[C@H]2[C@@]1(C)[C@@H](OC(=O)c1cccnc1)[C@H](OC(=O)c1ccccc1)[C@](C)(O)[C@]2(C)/C=C/C1=CC(=O)OC1. The summed E-state index contributed by atoms with van der Waals surface area (Å²) in [5, 5.41) is 12.5. The molecule has 214 valence electrons. The van der Waals surface area contributed by atoms with Crippen molar-refractivity contribution in [2.24, 2.45) is 16.7 Å². The number of hydrogen-bond donors (Lipinski definition) is 1. The highest BCUT2D eigenvalue weighted by Crippen LogP contribution is 2.63. The van der Waals surface area contributed by atoms with E-state index in [1.165, 1.54) is 12.3 Å². The minimum atomic E-state index is -1.69. The molecule has 41 heavy (non-hydrogen) atoms. The van der Waals surface area contributed by atoms with E-state index in [4.69, 9.17) is 14.2 Å². The number of carbonyl (C=O) groups excluding carboxylic acids is 3. The maximum atomic E-state index is 13.5. The zero-order valence-electron chi connectivity index (χ0n) is 23.7. The molecule has 8 nitrogen and oxygen atoms in total. The molecule has 1 fully saturated rings. The average molecular weight is 558 g/mol. The van der Waals surface area contributed by atoms with E-state index in [1.54, 1.807) is 61.7 Å². The highest BCUT2D eigenvalue weighted by molar-refractivity contribution is 5.90. The first-order valence-corrected chi connectivity index (χ1v) is 13.8. The quantitative estimate of drug-likeness (QED) is 0.300. The van der Waals surface area contributed by atoms with Gasteiger partial charge in [0.05, 0.1) is 11.1 Å². The molecular formula is C33H35NO7. The second-order valence-corrected chi connectivity index (χ2v) is 11.6. The summed E-state index contributed by atoms with van der Waals surface area (Å²) in [6.07, 6.45) is 9.42. The molecule has 2 aliphatic carbocycles. The van der Waals surface area contributed by atoms with Crippen molar-refractivity contribution in [3.8, 4) is 0 Å². The lowest BCUT2D eigenvalue weighted by Crippen LogP contribution is -2.72.